The molecule has 0 aliphatic heterocycles. The average molecular weight is 224 g/mol. The van der Waals surface area contributed by atoms with Gasteiger partial charge in [0.15, 0.2) is 0 Å². The number of methoxy groups -OCH3 is 1. The van der Waals surface area contributed by atoms with Gasteiger partial charge in [-0.15, -0.1) is 0 Å². The first-order chi connectivity index (χ1) is 7.80. The second kappa shape index (κ2) is 6.99. The van der Waals surface area contributed by atoms with E-state index in [0.717, 1.165) is 30.1 Å². The molecule has 1 aromatic rings. The minimum absolute atomic E-state index is 0.709. The van der Waals surface area contributed by atoms with Crippen molar-refractivity contribution in [1.82, 2.24) is 0 Å². The van der Waals surface area contributed by atoms with E-state index < -0.39 is 0 Å². The second-order valence-electron chi connectivity index (χ2n) is 3.54. The van der Waals surface area contributed by atoms with Gasteiger partial charge in [0.25, 0.3) is 0 Å². The van der Waals surface area contributed by atoms with Gasteiger partial charge in [-0.25, -0.2) is 0 Å². The molecule has 0 atom stereocenters. The van der Waals surface area contributed by atoms with Crippen molar-refractivity contribution in [3.05, 3.63) is 18.2 Å². The van der Waals surface area contributed by atoms with Gasteiger partial charge in [-0.1, -0.05) is 13.8 Å². The fourth-order valence-electron chi connectivity index (χ4n) is 1.27. The molecule has 0 aliphatic rings. The first kappa shape index (κ1) is 12.7. The average Bonchev–Trinajstić information content (AvgIpc) is 2.33. The van der Waals surface area contributed by atoms with Gasteiger partial charge in [-0.05, 0) is 12.8 Å². The summed E-state index contributed by atoms with van der Waals surface area (Å²) < 4.78 is 16.3. The Balaban J connectivity index is 2.74. The van der Waals surface area contributed by atoms with Crippen LogP contribution in [0.5, 0.6) is 17.2 Å². The lowest BCUT2D eigenvalue weighted by Gasteiger charge is -2.10. The minimum atomic E-state index is 0.709. The number of benzene rings is 1. The zero-order valence-corrected chi connectivity index (χ0v) is 10.3. The van der Waals surface area contributed by atoms with E-state index >= 15 is 0 Å². The number of rotatable bonds is 7. The van der Waals surface area contributed by atoms with Crippen molar-refractivity contribution in [3.8, 4) is 17.2 Å². The molecule has 3 heteroatoms. The molecule has 0 aromatic heterocycles. The molecule has 0 bridgehead atoms. The maximum atomic E-state index is 5.56. The Morgan fingerprint density at radius 1 is 0.812 bits per heavy atom. The van der Waals surface area contributed by atoms with Gasteiger partial charge in [-0.3, -0.25) is 0 Å². The third-order valence-corrected chi connectivity index (χ3v) is 2.03. The molecule has 0 N–H and O–H groups in total. The van der Waals surface area contributed by atoms with Crippen LogP contribution in [0.25, 0.3) is 0 Å². The van der Waals surface area contributed by atoms with Crippen LogP contribution in [0.2, 0.25) is 0 Å². The summed E-state index contributed by atoms with van der Waals surface area (Å²) in [5, 5.41) is 0. The van der Waals surface area contributed by atoms with E-state index in [1.165, 1.54) is 0 Å². The molecule has 0 saturated carbocycles. The molecule has 0 aliphatic carbocycles. The Morgan fingerprint density at radius 3 is 1.62 bits per heavy atom. The third-order valence-electron chi connectivity index (χ3n) is 2.03. The summed E-state index contributed by atoms with van der Waals surface area (Å²) in [4.78, 5) is 0. The van der Waals surface area contributed by atoms with Crippen LogP contribution in [0.3, 0.4) is 0 Å². The topological polar surface area (TPSA) is 27.7 Å². The molecule has 0 spiro atoms. The normalized spacial score (nSPS) is 9.94. The van der Waals surface area contributed by atoms with Gasteiger partial charge in [0.05, 0.1) is 20.3 Å². The van der Waals surface area contributed by atoms with E-state index in [9.17, 15) is 0 Å². The summed E-state index contributed by atoms with van der Waals surface area (Å²) in [6, 6.07) is 5.64. The summed E-state index contributed by atoms with van der Waals surface area (Å²) in [6.07, 6.45) is 1.98. The molecule has 3 nitrogen and oxygen atoms in total. The van der Waals surface area contributed by atoms with Crippen molar-refractivity contribution in [1.29, 1.82) is 0 Å². The van der Waals surface area contributed by atoms with Gasteiger partial charge in [0.1, 0.15) is 17.2 Å². The summed E-state index contributed by atoms with van der Waals surface area (Å²) in [5.74, 6) is 2.36. The maximum Gasteiger partial charge on any atom is 0.126 e. The van der Waals surface area contributed by atoms with E-state index in [0.29, 0.717) is 13.2 Å². The molecular weight excluding hydrogens is 204 g/mol. The van der Waals surface area contributed by atoms with Gasteiger partial charge in [0, 0.05) is 18.2 Å². The summed E-state index contributed by atoms with van der Waals surface area (Å²) in [6.45, 7) is 5.57. The first-order valence-electron chi connectivity index (χ1n) is 5.74. The second-order valence-corrected chi connectivity index (χ2v) is 3.54. The molecule has 90 valence electrons. The van der Waals surface area contributed by atoms with Crippen LogP contribution in [-0.2, 0) is 0 Å². The van der Waals surface area contributed by atoms with E-state index in [1.54, 1.807) is 7.11 Å². The molecule has 0 heterocycles. The van der Waals surface area contributed by atoms with Crippen molar-refractivity contribution >= 4 is 0 Å². The predicted molar refractivity (Wildman–Crippen MR) is 64.6 cm³/mol. The SMILES string of the molecule is CCCOc1cc(OC)cc(OCCC)c1. The molecule has 0 fully saturated rings. The van der Waals surface area contributed by atoms with Gasteiger partial charge < -0.3 is 14.2 Å². The quantitative estimate of drug-likeness (QED) is 0.711. The highest BCUT2D eigenvalue weighted by atomic mass is 16.5. The number of ether oxygens (including phenoxy) is 3. The standard InChI is InChI=1S/C13H20O3/c1-4-6-15-12-8-11(14-3)9-13(10-12)16-7-5-2/h8-10H,4-7H2,1-3H3. The highest BCUT2D eigenvalue weighted by Crippen LogP contribution is 2.27. The lowest BCUT2D eigenvalue weighted by atomic mass is 10.3. The van der Waals surface area contributed by atoms with Crippen LogP contribution < -0.4 is 14.2 Å². The summed E-state index contributed by atoms with van der Waals surface area (Å²) in [5.41, 5.74) is 0. The molecular formula is C13H20O3. The van der Waals surface area contributed by atoms with Crippen LogP contribution in [0, 0.1) is 0 Å². The van der Waals surface area contributed by atoms with Crippen molar-refractivity contribution in [3.63, 3.8) is 0 Å². The van der Waals surface area contributed by atoms with E-state index in [2.05, 4.69) is 13.8 Å². The summed E-state index contributed by atoms with van der Waals surface area (Å²) in [7, 11) is 1.64. The van der Waals surface area contributed by atoms with Crippen LogP contribution in [-0.4, -0.2) is 20.3 Å². The van der Waals surface area contributed by atoms with E-state index in [4.69, 9.17) is 14.2 Å². The first-order valence-corrected chi connectivity index (χ1v) is 5.74. The molecule has 1 rings (SSSR count). The molecule has 0 unspecified atom stereocenters. The van der Waals surface area contributed by atoms with Gasteiger partial charge in [0.2, 0.25) is 0 Å². The Morgan fingerprint density at radius 2 is 1.25 bits per heavy atom. The lowest BCUT2D eigenvalue weighted by Crippen LogP contribution is -1.99. The highest BCUT2D eigenvalue weighted by Gasteiger charge is 2.03. The predicted octanol–water partition coefficient (Wildman–Crippen LogP) is 3.27. The molecule has 16 heavy (non-hydrogen) atoms. The van der Waals surface area contributed by atoms with E-state index in [-0.39, 0.29) is 0 Å². The minimum Gasteiger partial charge on any atom is -0.496 e. The Bertz CT molecular complexity index is 284. The van der Waals surface area contributed by atoms with E-state index in [1.807, 2.05) is 18.2 Å². The maximum absolute atomic E-state index is 5.56. The Labute approximate surface area is 97.3 Å². The zero-order valence-electron chi connectivity index (χ0n) is 10.3. The molecule has 0 saturated heterocycles. The van der Waals surface area contributed by atoms with Crippen LogP contribution in [0.15, 0.2) is 18.2 Å². The Kier molecular flexibility index (Phi) is 5.54. The van der Waals surface area contributed by atoms with Crippen molar-refractivity contribution < 1.29 is 14.2 Å². The third kappa shape index (κ3) is 4.01. The smallest absolute Gasteiger partial charge is 0.126 e. The number of hydrogen-bond acceptors (Lipinski definition) is 3. The fraction of sp³-hybridized carbons (Fsp3) is 0.538. The van der Waals surface area contributed by atoms with Gasteiger partial charge >= 0.3 is 0 Å². The lowest BCUT2D eigenvalue weighted by molar-refractivity contribution is 0.297. The van der Waals surface area contributed by atoms with Crippen molar-refractivity contribution in [2.24, 2.45) is 0 Å². The van der Waals surface area contributed by atoms with Crippen LogP contribution in [0.4, 0.5) is 0 Å². The monoisotopic (exact) mass is 224 g/mol. The zero-order chi connectivity index (χ0) is 11.8. The molecule has 0 amide bonds. The molecule has 1 aromatic carbocycles. The van der Waals surface area contributed by atoms with Gasteiger partial charge in [-0.2, -0.15) is 0 Å². The number of hydrogen-bond donors (Lipinski definition) is 0. The molecule has 0 radical (unpaired) electrons. The van der Waals surface area contributed by atoms with Crippen molar-refractivity contribution in [2.45, 2.75) is 26.7 Å². The van der Waals surface area contributed by atoms with Crippen molar-refractivity contribution in [2.75, 3.05) is 20.3 Å². The van der Waals surface area contributed by atoms with Crippen LogP contribution in [0.1, 0.15) is 26.7 Å². The Hall–Kier alpha value is -1.38. The summed E-state index contributed by atoms with van der Waals surface area (Å²) >= 11 is 0. The fourth-order valence-corrected chi connectivity index (χ4v) is 1.27. The van der Waals surface area contributed by atoms with Crippen LogP contribution >= 0.6 is 0 Å². The largest absolute Gasteiger partial charge is 0.496 e. The highest BCUT2D eigenvalue weighted by molar-refractivity contribution is 5.42.